The third-order valence-corrected chi connectivity index (χ3v) is 8.40. The molecule has 2 aromatic carbocycles. The Bertz CT molecular complexity index is 1350. The van der Waals surface area contributed by atoms with Gasteiger partial charge in [0.2, 0.25) is 6.20 Å². The Balaban J connectivity index is 1.47. The Kier molecular flexibility index (Phi) is 7.92. The van der Waals surface area contributed by atoms with Crippen LogP contribution in [0.4, 0.5) is 8.78 Å². The summed E-state index contributed by atoms with van der Waals surface area (Å²) in [5, 5.41) is 9.46. The van der Waals surface area contributed by atoms with Crippen molar-refractivity contribution in [3.63, 3.8) is 0 Å². The molecule has 2 aliphatic heterocycles. The Morgan fingerprint density at radius 2 is 1.77 bits per heavy atom. The highest BCUT2D eigenvalue weighted by atomic mass is 19.1. The van der Waals surface area contributed by atoms with Crippen LogP contribution >= 0.6 is 0 Å². The molecular formula is C31H36F2N5O2+. The van der Waals surface area contributed by atoms with E-state index in [0.29, 0.717) is 43.2 Å². The SMILES string of the molecule is CCCC(c1ccc(C(=O)NCC2=C[NH+]=N2)cc1)N1C(=O)C(c2cc(F)cc(F)c2)=NC12CCC(C(C)C)CC2. The monoisotopic (exact) mass is 548 g/mol. The largest absolute Gasteiger partial charge is 0.346 e. The lowest BCUT2D eigenvalue weighted by atomic mass is 9.76. The highest BCUT2D eigenvalue weighted by Gasteiger charge is 2.52. The van der Waals surface area contributed by atoms with E-state index in [9.17, 15) is 18.4 Å². The molecule has 0 bridgehead atoms. The molecule has 5 rings (SSSR count). The van der Waals surface area contributed by atoms with E-state index in [1.807, 2.05) is 17.0 Å². The Labute approximate surface area is 233 Å². The van der Waals surface area contributed by atoms with Gasteiger partial charge in [-0.2, -0.15) is 0 Å². The predicted octanol–water partition coefficient (Wildman–Crippen LogP) is 4.80. The van der Waals surface area contributed by atoms with Crippen LogP contribution in [0.25, 0.3) is 0 Å². The van der Waals surface area contributed by atoms with E-state index in [1.54, 1.807) is 18.3 Å². The van der Waals surface area contributed by atoms with Crippen molar-refractivity contribution in [1.82, 2.24) is 10.2 Å². The van der Waals surface area contributed by atoms with E-state index in [0.717, 1.165) is 36.6 Å². The van der Waals surface area contributed by atoms with Crippen LogP contribution in [0.1, 0.15) is 86.8 Å². The smallest absolute Gasteiger partial charge is 0.275 e. The maximum atomic E-state index is 14.2. The van der Waals surface area contributed by atoms with Gasteiger partial charge in [-0.25, -0.2) is 8.78 Å². The fourth-order valence-electron chi connectivity index (χ4n) is 6.14. The maximum absolute atomic E-state index is 14.2. The van der Waals surface area contributed by atoms with Crippen LogP contribution in [-0.2, 0) is 4.79 Å². The number of benzene rings is 2. The van der Waals surface area contributed by atoms with Crippen LogP contribution in [0.5, 0.6) is 0 Å². The topological polar surface area (TPSA) is 88.1 Å². The summed E-state index contributed by atoms with van der Waals surface area (Å²) in [6, 6.07) is 10.2. The van der Waals surface area contributed by atoms with E-state index in [-0.39, 0.29) is 29.1 Å². The van der Waals surface area contributed by atoms with Crippen molar-refractivity contribution >= 4 is 17.5 Å². The van der Waals surface area contributed by atoms with E-state index in [2.05, 4.69) is 36.3 Å². The molecule has 0 aromatic heterocycles. The highest BCUT2D eigenvalue weighted by molar-refractivity contribution is 6.46. The van der Waals surface area contributed by atoms with E-state index in [4.69, 9.17) is 4.99 Å². The lowest BCUT2D eigenvalue weighted by Crippen LogP contribution is -2.64. The summed E-state index contributed by atoms with van der Waals surface area (Å²) in [5.74, 6) is -0.923. The molecule has 1 spiro atoms. The molecule has 40 heavy (non-hydrogen) atoms. The van der Waals surface area contributed by atoms with E-state index < -0.39 is 17.3 Å². The molecule has 9 heteroatoms. The fourth-order valence-corrected chi connectivity index (χ4v) is 6.14. The third-order valence-electron chi connectivity index (χ3n) is 8.40. The van der Waals surface area contributed by atoms with Gasteiger partial charge in [-0.1, -0.05) is 39.3 Å². The Hall–Kier alpha value is -3.75. The summed E-state index contributed by atoms with van der Waals surface area (Å²) in [7, 11) is 0. The minimum absolute atomic E-state index is 0.115. The Morgan fingerprint density at radius 3 is 2.33 bits per heavy atom. The first-order chi connectivity index (χ1) is 19.2. The molecule has 1 aliphatic carbocycles. The summed E-state index contributed by atoms with van der Waals surface area (Å²) < 4.78 is 28.4. The minimum Gasteiger partial charge on any atom is -0.346 e. The van der Waals surface area contributed by atoms with Crippen molar-refractivity contribution in [3.05, 3.63) is 82.7 Å². The van der Waals surface area contributed by atoms with E-state index >= 15 is 0 Å². The number of amides is 2. The lowest BCUT2D eigenvalue weighted by molar-refractivity contribution is -0.478. The molecule has 1 saturated carbocycles. The van der Waals surface area contributed by atoms with Crippen molar-refractivity contribution in [1.29, 1.82) is 0 Å². The molecule has 210 valence electrons. The number of halogens is 2. The number of azo groups is 1. The number of carbonyl (C=O) groups is 2. The van der Waals surface area contributed by atoms with Gasteiger partial charge in [-0.05, 0) is 73.8 Å². The van der Waals surface area contributed by atoms with Gasteiger partial charge in [0.15, 0.2) is 5.70 Å². The van der Waals surface area contributed by atoms with Gasteiger partial charge >= 0.3 is 0 Å². The molecule has 2 heterocycles. The van der Waals surface area contributed by atoms with Gasteiger partial charge in [0.1, 0.15) is 23.0 Å². The molecule has 0 saturated heterocycles. The van der Waals surface area contributed by atoms with Gasteiger partial charge in [0, 0.05) is 22.3 Å². The third kappa shape index (κ3) is 5.46. The van der Waals surface area contributed by atoms with Crippen LogP contribution in [0.15, 0.2) is 64.5 Å². The highest BCUT2D eigenvalue weighted by Crippen LogP contribution is 2.48. The van der Waals surface area contributed by atoms with Gasteiger partial charge in [-0.3, -0.25) is 14.6 Å². The van der Waals surface area contributed by atoms with Crippen LogP contribution < -0.4 is 10.4 Å². The van der Waals surface area contributed by atoms with Crippen molar-refractivity contribution < 1.29 is 23.5 Å². The molecule has 1 atom stereocenters. The number of carbonyl (C=O) groups excluding carboxylic acids is 2. The quantitative estimate of drug-likeness (QED) is 0.472. The fraction of sp³-hybridized carbons (Fsp3) is 0.452. The zero-order chi connectivity index (χ0) is 28.4. The second-order valence-corrected chi connectivity index (χ2v) is 11.3. The molecule has 1 unspecified atom stereocenters. The summed E-state index contributed by atoms with van der Waals surface area (Å²) in [6.45, 7) is 6.85. The molecule has 2 N–H and O–H groups in total. The molecule has 3 aliphatic rings. The molecule has 7 nitrogen and oxygen atoms in total. The second kappa shape index (κ2) is 11.4. The van der Waals surface area contributed by atoms with Crippen molar-refractivity contribution in [2.45, 2.75) is 71.0 Å². The van der Waals surface area contributed by atoms with Gasteiger partial charge in [-0.15, -0.1) is 5.11 Å². The number of hydrogen-bond donors (Lipinski definition) is 2. The zero-order valence-electron chi connectivity index (χ0n) is 23.2. The average Bonchev–Trinajstić information content (AvgIpc) is 3.17. The Morgan fingerprint density at radius 1 is 1.12 bits per heavy atom. The summed E-state index contributed by atoms with van der Waals surface area (Å²) >= 11 is 0. The molecule has 2 amide bonds. The predicted molar refractivity (Wildman–Crippen MR) is 147 cm³/mol. The van der Waals surface area contributed by atoms with Crippen molar-refractivity contribution in [2.24, 2.45) is 21.9 Å². The van der Waals surface area contributed by atoms with Gasteiger partial charge < -0.3 is 10.2 Å². The van der Waals surface area contributed by atoms with Gasteiger partial charge in [0.25, 0.3) is 11.8 Å². The normalized spacial score (nSPS) is 22.8. The zero-order valence-corrected chi connectivity index (χ0v) is 23.2. The number of hydrogen-bond acceptors (Lipinski definition) is 4. The van der Waals surface area contributed by atoms with Crippen LogP contribution in [0, 0.1) is 23.5 Å². The van der Waals surface area contributed by atoms with Crippen molar-refractivity contribution in [2.75, 3.05) is 6.54 Å². The summed E-state index contributed by atoms with van der Waals surface area (Å²) in [4.78, 5) is 33.6. The molecule has 0 radical (unpaired) electrons. The van der Waals surface area contributed by atoms with Crippen LogP contribution in [0.2, 0.25) is 0 Å². The summed E-state index contributed by atoms with van der Waals surface area (Å²) in [6.07, 6.45) is 6.47. The van der Waals surface area contributed by atoms with Crippen LogP contribution in [-0.4, -0.2) is 34.6 Å². The summed E-state index contributed by atoms with van der Waals surface area (Å²) in [5.41, 5.74) is 1.69. The first-order valence-electron chi connectivity index (χ1n) is 14.1. The van der Waals surface area contributed by atoms with Crippen LogP contribution in [0.3, 0.4) is 0 Å². The number of nitrogens with zero attached hydrogens (tertiary/aromatic N) is 3. The number of aliphatic imine (C=N–C) groups is 1. The second-order valence-electron chi connectivity index (χ2n) is 11.3. The van der Waals surface area contributed by atoms with Gasteiger partial charge in [0.05, 0.1) is 12.6 Å². The maximum Gasteiger partial charge on any atom is 0.275 e. The van der Waals surface area contributed by atoms with E-state index in [1.165, 1.54) is 12.1 Å². The molecular weight excluding hydrogens is 512 g/mol. The molecule has 1 fully saturated rings. The standard InChI is InChI=1S/C31H35F2N5O2/c1-4-5-27(21-6-8-22(9-7-21)29(39)34-17-26-18-35-37-26)38-30(40)28(23-14-24(32)16-25(33)15-23)36-31(38)12-10-20(11-13-31)19(2)3/h6-9,14-16,18-20,27H,4-5,10-13,17H2,1-3H3,(H,34,39)/p+1. The molecule has 2 aromatic rings. The minimum atomic E-state index is -0.773. The lowest BCUT2D eigenvalue weighted by Gasteiger charge is -2.46. The first kappa shape index (κ1) is 27.8. The number of nitrogens with one attached hydrogen (secondary N) is 2. The average molecular weight is 549 g/mol. The number of rotatable bonds is 9. The first-order valence-corrected chi connectivity index (χ1v) is 14.1. The van der Waals surface area contributed by atoms with Crippen molar-refractivity contribution in [3.8, 4) is 0 Å².